The quantitative estimate of drug-likeness (QED) is 0.604. The van der Waals surface area contributed by atoms with Gasteiger partial charge in [0.15, 0.2) is 0 Å². The van der Waals surface area contributed by atoms with E-state index in [0.29, 0.717) is 6.42 Å². The fourth-order valence-corrected chi connectivity index (χ4v) is 0.895. The average Bonchev–Trinajstić information content (AvgIpc) is 2.40. The smallest absolute Gasteiger partial charge is 0.326 e. The summed E-state index contributed by atoms with van der Waals surface area (Å²) in [5, 5.41) is 11.2. The maximum atomic E-state index is 10.2. The van der Waals surface area contributed by atoms with E-state index >= 15 is 0 Å². The lowest BCUT2D eigenvalue weighted by molar-refractivity contribution is -0.138. The molecule has 0 aromatic rings. The predicted molar refractivity (Wildman–Crippen MR) is 44.3 cm³/mol. The molecule has 3 heteroatoms. The van der Waals surface area contributed by atoms with Gasteiger partial charge in [0.1, 0.15) is 6.04 Å². The van der Waals surface area contributed by atoms with Crippen LogP contribution in [0.15, 0.2) is 12.3 Å². The molecule has 0 aromatic carbocycles. The molecule has 1 atom stereocenters. The van der Waals surface area contributed by atoms with E-state index in [2.05, 4.69) is 11.9 Å². The van der Waals surface area contributed by atoms with E-state index in [4.69, 9.17) is 5.11 Å². The summed E-state index contributed by atoms with van der Waals surface area (Å²) in [5.41, 5.74) is 0.836. The summed E-state index contributed by atoms with van der Waals surface area (Å²) in [5.74, 6) is -0.784. The first-order valence-electron chi connectivity index (χ1n) is 3.87. The van der Waals surface area contributed by atoms with Crippen LogP contribution in [0.5, 0.6) is 0 Å². The number of aliphatic carboxylic acids is 1. The van der Waals surface area contributed by atoms with Gasteiger partial charge in [0.05, 0.1) is 0 Å². The Morgan fingerprint density at radius 3 is 2.45 bits per heavy atom. The molecule has 1 heterocycles. The van der Waals surface area contributed by atoms with Crippen LogP contribution in [0.2, 0.25) is 0 Å². The third-order valence-electron chi connectivity index (χ3n) is 1.41. The van der Waals surface area contributed by atoms with Gasteiger partial charge in [0, 0.05) is 5.70 Å². The number of rotatable bonds is 1. The lowest BCUT2D eigenvalue weighted by atomic mass is 10.2. The largest absolute Gasteiger partial charge is 0.480 e. The highest BCUT2D eigenvalue weighted by molar-refractivity contribution is 5.74. The highest BCUT2D eigenvalue weighted by Gasteiger charge is 2.22. The van der Waals surface area contributed by atoms with E-state index in [1.54, 1.807) is 0 Å². The third-order valence-corrected chi connectivity index (χ3v) is 1.41. The van der Waals surface area contributed by atoms with Gasteiger partial charge >= 0.3 is 5.97 Å². The van der Waals surface area contributed by atoms with Gasteiger partial charge in [-0.2, -0.15) is 0 Å². The molecule has 0 aliphatic carbocycles. The minimum absolute atomic E-state index is 0.391. The lowest BCUT2D eigenvalue weighted by Gasteiger charge is -2.02. The standard InChI is InChI=1S/C6H9NO2.C2H6/c1-4-2-3-5(7-4)6(8)9;1-2/h5,7H,1-3H2,(H,8,9);1-2H3/t5-;/m0./s1. The van der Waals surface area contributed by atoms with Crippen LogP contribution in [0, 0.1) is 0 Å². The minimum atomic E-state index is -0.784. The van der Waals surface area contributed by atoms with Crippen molar-refractivity contribution in [1.82, 2.24) is 5.32 Å². The van der Waals surface area contributed by atoms with Crippen LogP contribution >= 0.6 is 0 Å². The number of carboxylic acids is 1. The molecule has 2 N–H and O–H groups in total. The van der Waals surface area contributed by atoms with Crippen molar-refractivity contribution in [2.75, 3.05) is 0 Å². The van der Waals surface area contributed by atoms with Crippen molar-refractivity contribution in [3.8, 4) is 0 Å². The normalized spacial score (nSPS) is 21.6. The Bertz CT molecular complexity index is 154. The summed E-state index contributed by atoms with van der Waals surface area (Å²) in [4.78, 5) is 10.2. The zero-order valence-corrected chi connectivity index (χ0v) is 7.05. The lowest BCUT2D eigenvalue weighted by Crippen LogP contribution is -2.29. The average molecular weight is 157 g/mol. The van der Waals surface area contributed by atoms with E-state index in [-0.39, 0.29) is 0 Å². The zero-order valence-electron chi connectivity index (χ0n) is 7.05. The van der Waals surface area contributed by atoms with Crippen LogP contribution in [0.1, 0.15) is 26.7 Å². The van der Waals surface area contributed by atoms with E-state index in [1.807, 2.05) is 13.8 Å². The highest BCUT2D eigenvalue weighted by Crippen LogP contribution is 2.12. The Morgan fingerprint density at radius 2 is 2.27 bits per heavy atom. The van der Waals surface area contributed by atoms with E-state index < -0.39 is 12.0 Å². The van der Waals surface area contributed by atoms with Crippen molar-refractivity contribution < 1.29 is 9.90 Å². The van der Waals surface area contributed by atoms with Crippen LogP contribution < -0.4 is 5.32 Å². The zero-order chi connectivity index (χ0) is 8.85. The number of hydrogen-bond donors (Lipinski definition) is 2. The first-order valence-corrected chi connectivity index (χ1v) is 3.87. The van der Waals surface area contributed by atoms with Crippen LogP contribution in [-0.4, -0.2) is 17.1 Å². The van der Waals surface area contributed by atoms with Crippen molar-refractivity contribution in [3.05, 3.63) is 12.3 Å². The fraction of sp³-hybridized carbons (Fsp3) is 0.625. The van der Waals surface area contributed by atoms with Gasteiger partial charge < -0.3 is 10.4 Å². The Labute approximate surface area is 67.1 Å². The van der Waals surface area contributed by atoms with Gasteiger partial charge in [0.2, 0.25) is 0 Å². The van der Waals surface area contributed by atoms with Crippen molar-refractivity contribution in [2.45, 2.75) is 32.7 Å². The van der Waals surface area contributed by atoms with Gasteiger partial charge in [-0.05, 0) is 12.8 Å². The van der Waals surface area contributed by atoms with Gasteiger partial charge in [-0.15, -0.1) is 0 Å². The second-order valence-electron chi connectivity index (χ2n) is 2.18. The maximum Gasteiger partial charge on any atom is 0.326 e. The molecule has 0 unspecified atom stereocenters. The summed E-state index contributed by atoms with van der Waals surface area (Å²) in [6.07, 6.45) is 1.46. The molecule has 1 fully saturated rings. The number of nitrogens with one attached hydrogen (secondary N) is 1. The third kappa shape index (κ3) is 3.07. The first-order chi connectivity index (χ1) is 5.20. The molecule has 0 spiro atoms. The molecule has 1 aliphatic rings. The molecule has 1 saturated heterocycles. The summed E-state index contributed by atoms with van der Waals surface area (Å²) < 4.78 is 0. The Kier molecular flexibility index (Phi) is 4.34. The number of allylic oxidation sites excluding steroid dienone is 1. The topological polar surface area (TPSA) is 49.3 Å². The van der Waals surface area contributed by atoms with E-state index in [9.17, 15) is 4.79 Å². The number of hydrogen-bond acceptors (Lipinski definition) is 2. The van der Waals surface area contributed by atoms with Gasteiger partial charge in [0.25, 0.3) is 0 Å². The van der Waals surface area contributed by atoms with Crippen LogP contribution in [0.4, 0.5) is 0 Å². The number of carboxylic acid groups (broad SMARTS) is 1. The summed E-state index contributed by atoms with van der Waals surface area (Å²) in [7, 11) is 0. The van der Waals surface area contributed by atoms with Gasteiger partial charge in [-0.25, -0.2) is 4.79 Å². The molecule has 0 aromatic heterocycles. The molecular weight excluding hydrogens is 142 g/mol. The summed E-state index contributed by atoms with van der Waals surface area (Å²) >= 11 is 0. The van der Waals surface area contributed by atoms with Crippen LogP contribution in [0.3, 0.4) is 0 Å². The minimum Gasteiger partial charge on any atom is -0.480 e. The second-order valence-corrected chi connectivity index (χ2v) is 2.18. The molecule has 1 aliphatic heterocycles. The molecule has 0 saturated carbocycles. The SMILES string of the molecule is C=C1CC[C@@H](C(=O)O)N1.CC. The number of carbonyl (C=O) groups is 1. The maximum absolute atomic E-state index is 10.2. The summed E-state index contributed by atoms with van der Waals surface area (Å²) in [6, 6.07) is -0.391. The molecular formula is C8H15NO2. The van der Waals surface area contributed by atoms with Crippen molar-refractivity contribution in [1.29, 1.82) is 0 Å². The van der Waals surface area contributed by atoms with Crippen molar-refractivity contribution in [3.63, 3.8) is 0 Å². The van der Waals surface area contributed by atoms with Crippen molar-refractivity contribution in [2.24, 2.45) is 0 Å². The highest BCUT2D eigenvalue weighted by atomic mass is 16.4. The predicted octanol–water partition coefficient (Wildman–Crippen LogP) is 1.36. The van der Waals surface area contributed by atoms with Crippen LogP contribution in [0.25, 0.3) is 0 Å². The molecule has 3 nitrogen and oxygen atoms in total. The Morgan fingerprint density at radius 1 is 1.73 bits per heavy atom. The Hall–Kier alpha value is -0.990. The molecule has 0 radical (unpaired) electrons. The molecule has 0 amide bonds. The fourth-order valence-electron chi connectivity index (χ4n) is 0.895. The van der Waals surface area contributed by atoms with Crippen LogP contribution in [-0.2, 0) is 4.79 Å². The van der Waals surface area contributed by atoms with Crippen molar-refractivity contribution >= 4 is 5.97 Å². The molecule has 1 rings (SSSR count). The Balaban J connectivity index is 0.000000461. The van der Waals surface area contributed by atoms with Gasteiger partial charge in [-0.3, -0.25) is 0 Å². The second kappa shape index (κ2) is 4.77. The molecule has 11 heavy (non-hydrogen) atoms. The van der Waals surface area contributed by atoms with E-state index in [0.717, 1.165) is 12.1 Å². The molecule has 64 valence electrons. The summed E-state index contributed by atoms with van der Waals surface area (Å²) in [6.45, 7) is 7.61. The van der Waals surface area contributed by atoms with E-state index in [1.165, 1.54) is 0 Å². The van der Waals surface area contributed by atoms with Gasteiger partial charge in [-0.1, -0.05) is 20.4 Å². The first kappa shape index (κ1) is 10.0. The monoisotopic (exact) mass is 157 g/mol. The molecule has 0 bridgehead atoms.